The molecule has 0 unspecified atom stereocenters. The van der Waals surface area contributed by atoms with Crippen LogP contribution < -0.4 is 11.1 Å². The van der Waals surface area contributed by atoms with Crippen LogP contribution in [0.2, 0.25) is 0 Å². The predicted octanol–water partition coefficient (Wildman–Crippen LogP) is 3.76. The molecular formula is C18H12F5N3O. The van der Waals surface area contributed by atoms with Gasteiger partial charge in [-0.25, -0.2) is 8.78 Å². The molecule has 0 saturated heterocycles. The van der Waals surface area contributed by atoms with Crippen LogP contribution in [0.15, 0.2) is 36.0 Å². The molecule has 4 N–H and O–H groups in total. The van der Waals surface area contributed by atoms with Gasteiger partial charge in [-0.2, -0.15) is 13.2 Å². The molecule has 0 radical (unpaired) electrons. The highest BCUT2D eigenvalue weighted by Gasteiger charge is 2.35. The number of rotatable bonds is 3. The molecule has 1 amide bonds. The topological polar surface area (TPSA) is 79.0 Å². The van der Waals surface area contributed by atoms with Crippen molar-refractivity contribution in [2.45, 2.75) is 12.7 Å². The summed E-state index contributed by atoms with van der Waals surface area (Å²) in [5, 5.41) is 9.90. The van der Waals surface area contributed by atoms with Gasteiger partial charge in [0.2, 0.25) is 0 Å². The number of hydrogen-bond acceptors (Lipinski definition) is 3. The first-order chi connectivity index (χ1) is 12.6. The average Bonchev–Trinajstić information content (AvgIpc) is 2.94. The minimum absolute atomic E-state index is 0.0740. The second-order valence-electron chi connectivity index (χ2n) is 5.83. The van der Waals surface area contributed by atoms with Crippen molar-refractivity contribution in [2.24, 2.45) is 5.73 Å². The lowest BCUT2D eigenvalue weighted by Crippen LogP contribution is -2.22. The van der Waals surface area contributed by atoms with Crippen molar-refractivity contribution in [2.75, 3.05) is 0 Å². The summed E-state index contributed by atoms with van der Waals surface area (Å²) in [4.78, 5) is 11.9. The summed E-state index contributed by atoms with van der Waals surface area (Å²) >= 11 is 0. The number of nitrogens with one attached hydrogen (secondary N) is 2. The summed E-state index contributed by atoms with van der Waals surface area (Å²) in [6.07, 6.45) is -4.50. The van der Waals surface area contributed by atoms with Crippen molar-refractivity contribution in [3.8, 4) is 11.1 Å². The molecule has 2 aromatic carbocycles. The number of fused-ring (bicyclic) bond motifs is 1. The van der Waals surface area contributed by atoms with E-state index in [9.17, 15) is 26.7 Å². The standard InChI is InChI=1S/C18H12F5N3O/c19-9-1-2-10(15(20)4-9)13-5-11-8(7-26-17(11)27)3-12(13)14(6-24)16(25)18(21,22)23/h1-6,24H,7,25H2,(H,26,27)/b16-14+,24-6?. The third-order valence-electron chi connectivity index (χ3n) is 4.18. The summed E-state index contributed by atoms with van der Waals surface area (Å²) in [5.41, 5.74) is 3.02. The third kappa shape index (κ3) is 3.27. The van der Waals surface area contributed by atoms with Crippen molar-refractivity contribution in [3.05, 3.63) is 64.4 Å². The van der Waals surface area contributed by atoms with E-state index >= 15 is 0 Å². The third-order valence-corrected chi connectivity index (χ3v) is 4.18. The first kappa shape index (κ1) is 18.6. The maximum Gasteiger partial charge on any atom is 0.431 e. The Balaban J connectivity index is 2.37. The van der Waals surface area contributed by atoms with Crippen molar-refractivity contribution in [3.63, 3.8) is 0 Å². The number of alkyl halides is 3. The van der Waals surface area contributed by atoms with Gasteiger partial charge >= 0.3 is 6.18 Å². The Kier molecular flexibility index (Phi) is 4.46. The van der Waals surface area contributed by atoms with Crippen LogP contribution in [0.1, 0.15) is 21.5 Å². The van der Waals surface area contributed by atoms with E-state index in [1.165, 1.54) is 12.1 Å². The van der Waals surface area contributed by atoms with E-state index in [1.54, 1.807) is 0 Å². The van der Waals surface area contributed by atoms with Crippen LogP contribution in [-0.4, -0.2) is 18.3 Å². The highest BCUT2D eigenvalue weighted by atomic mass is 19.4. The molecule has 140 valence electrons. The smallest absolute Gasteiger partial charge is 0.394 e. The molecule has 0 fully saturated rings. The number of hydrogen-bond donors (Lipinski definition) is 3. The zero-order valence-corrected chi connectivity index (χ0v) is 13.5. The maximum atomic E-state index is 14.3. The lowest BCUT2D eigenvalue weighted by Gasteiger charge is -2.17. The molecule has 4 nitrogen and oxygen atoms in total. The summed E-state index contributed by atoms with van der Waals surface area (Å²) in [7, 11) is 0. The molecule has 0 atom stereocenters. The molecule has 0 spiro atoms. The summed E-state index contributed by atoms with van der Waals surface area (Å²) < 4.78 is 66.8. The molecule has 0 aromatic heterocycles. The zero-order chi connectivity index (χ0) is 19.9. The fourth-order valence-corrected chi connectivity index (χ4v) is 2.88. The molecule has 1 aliphatic heterocycles. The van der Waals surface area contributed by atoms with Gasteiger partial charge < -0.3 is 16.5 Å². The lowest BCUT2D eigenvalue weighted by atomic mass is 9.89. The van der Waals surface area contributed by atoms with Crippen LogP contribution in [0.3, 0.4) is 0 Å². The molecule has 0 saturated carbocycles. The number of allylic oxidation sites excluding steroid dienone is 2. The van der Waals surface area contributed by atoms with E-state index in [0.717, 1.165) is 12.1 Å². The minimum Gasteiger partial charge on any atom is -0.394 e. The maximum absolute atomic E-state index is 14.3. The highest BCUT2D eigenvalue weighted by Crippen LogP contribution is 2.37. The van der Waals surface area contributed by atoms with Gasteiger partial charge in [0.25, 0.3) is 5.91 Å². The first-order valence-corrected chi connectivity index (χ1v) is 7.61. The Labute approximate surface area is 150 Å². The van der Waals surface area contributed by atoms with Crippen LogP contribution in [0, 0.1) is 17.0 Å². The molecule has 3 rings (SSSR count). The number of carbonyl (C=O) groups is 1. The number of halogens is 5. The van der Waals surface area contributed by atoms with Crippen molar-refractivity contribution in [1.29, 1.82) is 5.41 Å². The molecule has 0 bridgehead atoms. The largest absolute Gasteiger partial charge is 0.431 e. The highest BCUT2D eigenvalue weighted by molar-refractivity contribution is 6.13. The molecule has 9 heteroatoms. The fraction of sp³-hybridized carbons (Fsp3) is 0.111. The van der Waals surface area contributed by atoms with Crippen molar-refractivity contribution >= 4 is 17.7 Å². The minimum atomic E-state index is -4.92. The SMILES string of the molecule is N=C/C(=C(\N)C(F)(F)F)c1cc2c(cc1-c1ccc(F)cc1F)C(=O)NC2. The van der Waals surface area contributed by atoms with E-state index in [-0.39, 0.29) is 28.8 Å². The van der Waals surface area contributed by atoms with Crippen LogP contribution in [0.4, 0.5) is 22.0 Å². The molecule has 27 heavy (non-hydrogen) atoms. The van der Waals surface area contributed by atoms with E-state index in [2.05, 4.69) is 5.32 Å². The Bertz CT molecular complexity index is 995. The second kappa shape index (κ2) is 6.49. The van der Waals surface area contributed by atoms with Gasteiger partial charge in [0.05, 0.1) is 0 Å². The van der Waals surface area contributed by atoms with Gasteiger partial charge in [-0.3, -0.25) is 4.79 Å². The number of carbonyl (C=O) groups excluding carboxylic acids is 1. The Morgan fingerprint density at radius 2 is 1.81 bits per heavy atom. The summed E-state index contributed by atoms with van der Waals surface area (Å²) in [6, 6.07) is 5.04. The quantitative estimate of drug-likeness (QED) is 0.559. The molecule has 2 aromatic rings. The average molecular weight is 381 g/mol. The predicted molar refractivity (Wildman–Crippen MR) is 88.9 cm³/mol. The second-order valence-corrected chi connectivity index (χ2v) is 5.83. The van der Waals surface area contributed by atoms with Crippen LogP contribution >= 0.6 is 0 Å². The zero-order valence-electron chi connectivity index (χ0n) is 13.5. The van der Waals surface area contributed by atoms with Crippen LogP contribution in [-0.2, 0) is 6.54 Å². The van der Waals surface area contributed by atoms with Gasteiger partial charge in [-0.15, -0.1) is 0 Å². The Morgan fingerprint density at radius 3 is 2.41 bits per heavy atom. The van der Waals surface area contributed by atoms with Crippen molar-refractivity contribution < 1.29 is 26.7 Å². The normalized spacial score (nSPS) is 14.5. The summed E-state index contributed by atoms with van der Waals surface area (Å²) in [6.45, 7) is 0.0740. The van der Waals surface area contributed by atoms with Crippen LogP contribution in [0.5, 0.6) is 0 Å². The fourth-order valence-electron chi connectivity index (χ4n) is 2.88. The van der Waals surface area contributed by atoms with E-state index in [1.807, 2.05) is 0 Å². The molecular weight excluding hydrogens is 369 g/mol. The molecule has 0 aliphatic carbocycles. The number of amides is 1. The lowest BCUT2D eigenvalue weighted by molar-refractivity contribution is -0.0918. The first-order valence-electron chi connectivity index (χ1n) is 7.61. The monoisotopic (exact) mass is 381 g/mol. The van der Waals surface area contributed by atoms with Gasteiger partial charge in [-0.1, -0.05) is 0 Å². The van der Waals surface area contributed by atoms with E-state index in [4.69, 9.17) is 11.1 Å². The van der Waals surface area contributed by atoms with E-state index < -0.39 is 35.0 Å². The van der Waals surface area contributed by atoms with Gasteiger partial charge in [-0.05, 0) is 41.0 Å². The Morgan fingerprint density at radius 1 is 1.11 bits per heavy atom. The van der Waals surface area contributed by atoms with Crippen LogP contribution in [0.25, 0.3) is 16.7 Å². The molecule has 1 heterocycles. The van der Waals surface area contributed by atoms with E-state index in [0.29, 0.717) is 17.8 Å². The summed E-state index contributed by atoms with van der Waals surface area (Å²) in [5.74, 6) is -2.36. The van der Waals surface area contributed by atoms with Crippen molar-refractivity contribution in [1.82, 2.24) is 5.32 Å². The van der Waals surface area contributed by atoms with Gasteiger partial charge in [0.1, 0.15) is 17.3 Å². The Hall–Kier alpha value is -3.23. The number of benzene rings is 2. The van der Waals surface area contributed by atoms with Gasteiger partial charge in [0, 0.05) is 35.5 Å². The molecule has 1 aliphatic rings. The van der Waals surface area contributed by atoms with Gasteiger partial charge in [0.15, 0.2) is 0 Å². The number of nitrogens with two attached hydrogens (primary N) is 1.